The largest absolute Gasteiger partial charge is 0.444 e. The number of halogens is 3. The van der Waals surface area contributed by atoms with Crippen LogP contribution in [0.1, 0.15) is 50.8 Å². The van der Waals surface area contributed by atoms with Gasteiger partial charge in [0, 0.05) is 30.9 Å². The maximum absolute atomic E-state index is 13.2. The SMILES string of the molecule is CC(C)(C)OC(=O)N1CCCC(c2cccc(-c3cnc4ccc(C(F)(F)F)cn34)n2)C1. The Balaban J connectivity index is 1.61. The third-order valence-electron chi connectivity index (χ3n) is 5.36. The van der Waals surface area contributed by atoms with Gasteiger partial charge in [0.1, 0.15) is 11.2 Å². The zero-order valence-electron chi connectivity index (χ0n) is 18.2. The maximum Gasteiger partial charge on any atom is 0.417 e. The molecule has 0 N–H and O–H groups in total. The van der Waals surface area contributed by atoms with Crippen LogP contribution in [0, 0.1) is 0 Å². The number of nitrogens with zero attached hydrogens (tertiary/aromatic N) is 4. The fourth-order valence-electron chi connectivity index (χ4n) is 3.87. The molecule has 1 fully saturated rings. The molecule has 170 valence electrons. The van der Waals surface area contributed by atoms with E-state index in [9.17, 15) is 18.0 Å². The topological polar surface area (TPSA) is 59.7 Å². The predicted octanol–water partition coefficient (Wildman–Crippen LogP) is 5.53. The van der Waals surface area contributed by atoms with Crippen molar-refractivity contribution in [2.45, 2.75) is 51.3 Å². The highest BCUT2D eigenvalue weighted by molar-refractivity contribution is 5.68. The molecule has 0 spiro atoms. The number of carbonyl (C=O) groups is 1. The van der Waals surface area contributed by atoms with Gasteiger partial charge in [-0.2, -0.15) is 13.2 Å². The number of aromatic nitrogens is 3. The lowest BCUT2D eigenvalue weighted by molar-refractivity contribution is -0.137. The Morgan fingerprint density at radius 3 is 2.66 bits per heavy atom. The van der Waals surface area contributed by atoms with Crippen LogP contribution in [0.2, 0.25) is 0 Å². The molecule has 0 aliphatic carbocycles. The summed E-state index contributed by atoms with van der Waals surface area (Å²) in [5, 5.41) is 0. The van der Waals surface area contributed by atoms with Gasteiger partial charge < -0.3 is 9.64 Å². The van der Waals surface area contributed by atoms with Crippen molar-refractivity contribution in [2.24, 2.45) is 0 Å². The molecule has 1 amide bonds. The molecule has 1 aliphatic heterocycles. The number of piperidine rings is 1. The second-order valence-corrected chi connectivity index (χ2v) is 9.00. The van der Waals surface area contributed by atoms with Crippen molar-refractivity contribution in [3.05, 3.63) is 54.0 Å². The van der Waals surface area contributed by atoms with Crippen LogP contribution in [0.4, 0.5) is 18.0 Å². The number of pyridine rings is 2. The Morgan fingerprint density at radius 2 is 1.94 bits per heavy atom. The second-order valence-electron chi connectivity index (χ2n) is 9.00. The van der Waals surface area contributed by atoms with Crippen LogP contribution in [0.5, 0.6) is 0 Å². The number of ether oxygens (including phenoxy) is 1. The average molecular weight is 446 g/mol. The number of likely N-dealkylation sites (tertiary alicyclic amines) is 1. The molecule has 0 saturated carbocycles. The highest BCUT2D eigenvalue weighted by Crippen LogP contribution is 2.32. The normalized spacial score (nSPS) is 17.6. The lowest BCUT2D eigenvalue weighted by Gasteiger charge is -2.34. The molecule has 1 aliphatic rings. The average Bonchev–Trinajstić information content (AvgIpc) is 3.15. The van der Waals surface area contributed by atoms with Crippen molar-refractivity contribution in [1.82, 2.24) is 19.3 Å². The molecule has 1 atom stereocenters. The molecule has 32 heavy (non-hydrogen) atoms. The molecule has 6 nitrogen and oxygen atoms in total. The van der Waals surface area contributed by atoms with Crippen LogP contribution in [0.25, 0.3) is 17.0 Å². The first-order valence-electron chi connectivity index (χ1n) is 10.5. The van der Waals surface area contributed by atoms with E-state index in [0.717, 1.165) is 30.8 Å². The Morgan fingerprint density at radius 1 is 1.16 bits per heavy atom. The van der Waals surface area contributed by atoms with Crippen LogP contribution in [-0.4, -0.2) is 44.1 Å². The van der Waals surface area contributed by atoms with Gasteiger partial charge in [0.15, 0.2) is 0 Å². The van der Waals surface area contributed by atoms with Gasteiger partial charge in [-0.05, 0) is 57.9 Å². The van der Waals surface area contributed by atoms with Gasteiger partial charge in [-0.3, -0.25) is 9.38 Å². The van der Waals surface area contributed by atoms with Crippen LogP contribution in [-0.2, 0) is 10.9 Å². The Kier molecular flexibility index (Phi) is 5.60. The minimum Gasteiger partial charge on any atom is -0.444 e. The summed E-state index contributed by atoms with van der Waals surface area (Å²) in [5.41, 5.74) is 0.893. The van der Waals surface area contributed by atoms with Crippen LogP contribution < -0.4 is 0 Å². The van der Waals surface area contributed by atoms with E-state index in [2.05, 4.69) is 4.98 Å². The first-order chi connectivity index (χ1) is 15.0. The number of rotatable bonds is 2. The molecule has 3 aromatic rings. The van der Waals surface area contributed by atoms with Gasteiger partial charge in [0.2, 0.25) is 0 Å². The molecular weight excluding hydrogens is 421 g/mol. The van der Waals surface area contributed by atoms with Gasteiger partial charge in [-0.25, -0.2) is 9.78 Å². The molecule has 0 aromatic carbocycles. The Labute approximate surface area is 184 Å². The van der Waals surface area contributed by atoms with Crippen molar-refractivity contribution in [1.29, 1.82) is 0 Å². The second kappa shape index (κ2) is 8.11. The molecular formula is C23H25F3N4O2. The Hall–Kier alpha value is -3.10. The summed E-state index contributed by atoms with van der Waals surface area (Å²) in [5.74, 6) is 0.0149. The smallest absolute Gasteiger partial charge is 0.417 e. The van der Waals surface area contributed by atoms with E-state index >= 15 is 0 Å². The molecule has 0 bridgehead atoms. The summed E-state index contributed by atoms with van der Waals surface area (Å²) < 4.78 is 46.4. The van der Waals surface area contributed by atoms with Crippen LogP contribution in [0.3, 0.4) is 0 Å². The fourth-order valence-corrected chi connectivity index (χ4v) is 3.87. The lowest BCUT2D eigenvalue weighted by Crippen LogP contribution is -2.42. The van der Waals surface area contributed by atoms with E-state index in [1.165, 1.54) is 16.7 Å². The van der Waals surface area contributed by atoms with Crippen LogP contribution in [0.15, 0.2) is 42.7 Å². The summed E-state index contributed by atoms with van der Waals surface area (Å²) in [4.78, 5) is 23.1. The van der Waals surface area contributed by atoms with E-state index in [0.29, 0.717) is 30.1 Å². The van der Waals surface area contributed by atoms with E-state index in [1.54, 1.807) is 11.0 Å². The number of imidazole rings is 1. The van der Waals surface area contributed by atoms with E-state index in [-0.39, 0.29) is 12.0 Å². The molecule has 4 rings (SSSR count). The summed E-state index contributed by atoms with van der Waals surface area (Å²) in [6.45, 7) is 6.60. The summed E-state index contributed by atoms with van der Waals surface area (Å²) in [6, 6.07) is 7.83. The fraction of sp³-hybridized carbons (Fsp3) is 0.435. The van der Waals surface area contributed by atoms with E-state index in [1.807, 2.05) is 32.9 Å². The van der Waals surface area contributed by atoms with Crippen molar-refractivity contribution in [2.75, 3.05) is 13.1 Å². The van der Waals surface area contributed by atoms with E-state index in [4.69, 9.17) is 9.72 Å². The highest BCUT2D eigenvalue weighted by atomic mass is 19.4. The summed E-state index contributed by atoms with van der Waals surface area (Å²) in [7, 11) is 0. The minimum atomic E-state index is -4.45. The highest BCUT2D eigenvalue weighted by Gasteiger charge is 2.31. The zero-order valence-corrected chi connectivity index (χ0v) is 18.2. The third-order valence-corrected chi connectivity index (χ3v) is 5.36. The standard InChI is InChI=1S/C23H25F3N4O2/c1-22(2,3)32-21(31)29-11-5-6-15(13-29)17-7-4-8-18(28-17)19-12-27-20-10-9-16(14-30(19)20)23(24,25)26/h4,7-10,12,14-15H,5-6,11,13H2,1-3H3. The first kappa shape index (κ1) is 22.1. The molecule has 1 unspecified atom stereocenters. The van der Waals surface area contributed by atoms with Gasteiger partial charge >= 0.3 is 12.3 Å². The molecule has 1 saturated heterocycles. The van der Waals surface area contributed by atoms with Crippen molar-refractivity contribution < 1.29 is 22.7 Å². The first-order valence-corrected chi connectivity index (χ1v) is 10.5. The van der Waals surface area contributed by atoms with Crippen LogP contribution >= 0.6 is 0 Å². The lowest BCUT2D eigenvalue weighted by atomic mass is 9.94. The van der Waals surface area contributed by atoms with Crippen molar-refractivity contribution >= 4 is 11.7 Å². The number of hydrogen-bond acceptors (Lipinski definition) is 4. The number of fused-ring (bicyclic) bond motifs is 1. The maximum atomic E-state index is 13.2. The number of amides is 1. The predicted molar refractivity (Wildman–Crippen MR) is 113 cm³/mol. The van der Waals surface area contributed by atoms with Gasteiger partial charge in [-0.1, -0.05) is 6.07 Å². The molecule has 3 aromatic heterocycles. The third kappa shape index (κ3) is 4.71. The number of alkyl halides is 3. The van der Waals surface area contributed by atoms with E-state index < -0.39 is 17.3 Å². The molecule has 9 heteroatoms. The molecule has 4 heterocycles. The zero-order chi connectivity index (χ0) is 23.1. The monoisotopic (exact) mass is 446 g/mol. The minimum absolute atomic E-state index is 0.0149. The summed E-state index contributed by atoms with van der Waals surface area (Å²) in [6.07, 6.45) is -0.550. The van der Waals surface area contributed by atoms with Crippen molar-refractivity contribution in [3.8, 4) is 11.4 Å². The van der Waals surface area contributed by atoms with Crippen molar-refractivity contribution in [3.63, 3.8) is 0 Å². The van der Waals surface area contributed by atoms with Gasteiger partial charge in [0.05, 0.1) is 23.1 Å². The van der Waals surface area contributed by atoms with Gasteiger partial charge in [0.25, 0.3) is 0 Å². The summed E-state index contributed by atoms with van der Waals surface area (Å²) >= 11 is 0. The van der Waals surface area contributed by atoms with Gasteiger partial charge in [-0.15, -0.1) is 0 Å². The number of carbonyl (C=O) groups excluding carboxylic acids is 1. The quantitative estimate of drug-likeness (QED) is 0.519. The number of hydrogen-bond donors (Lipinski definition) is 0. The molecule has 0 radical (unpaired) electrons. The Bertz CT molecular complexity index is 1130.